The van der Waals surface area contributed by atoms with Gasteiger partial charge < -0.3 is 5.73 Å². The van der Waals surface area contributed by atoms with Crippen LogP contribution in [0.25, 0.3) is 0 Å². The monoisotopic (exact) mass is 180 g/mol. The molecule has 0 spiro atoms. The lowest BCUT2D eigenvalue weighted by atomic mass is 10.1. The van der Waals surface area contributed by atoms with Crippen LogP contribution in [-0.2, 0) is 0 Å². The molecule has 0 fully saturated rings. The lowest BCUT2D eigenvalue weighted by Gasteiger charge is -1.98. The molecule has 1 amide bonds. The summed E-state index contributed by atoms with van der Waals surface area (Å²) in [6.45, 7) is 0. The largest absolute Gasteiger partial charge is 0.366 e. The van der Waals surface area contributed by atoms with Crippen LogP contribution in [0.1, 0.15) is 15.9 Å². The van der Waals surface area contributed by atoms with E-state index >= 15 is 0 Å². The summed E-state index contributed by atoms with van der Waals surface area (Å²) < 4.78 is 0. The topological polar surface area (TPSA) is 66.9 Å². The average Bonchev–Trinajstić information content (AvgIpc) is 2.05. The van der Waals surface area contributed by atoms with Crippen molar-refractivity contribution in [1.29, 1.82) is 5.26 Å². The van der Waals surface area contributed by atoms with Gasteiger partial charge in [-0.3, -0.25) is 4.79 Å². The second kappa shape index (κ2) is 3.24. The number of carbonyl (C=O) groups is 1. The Balaban J connectivity index is 3.28. The van der Waals surface area contributed by atoms with Crippen LogP contribution in [0.4, 0.5) is 0 Å². The third-order valence-corrected chi connectivity index (χ3v) is 1.69. The van der Waals surface area contributed by atoms with Crippen molar-refractivity contribution in [1.82, 2.24) is 0 Å². The van der Waals surface area contributed by atoms with Crippen LogP contribution < -0.4 is 5.73 Å². The van der Waals surface area contributed by atoms with Crippen molar-refractivity contribution in [2.24, 2.45) is 5.73 Å². The van der Waals surface area contributed by atoms with Gasteiger partial charge in [0.25, 0.3) is 0 Å². The maximum absolute atomic E-state index is 10.7. The van der Waals surface area contributed by atoms with Gasteiger partial charge >= 0.3 is 0 Å². The fourth-order valence-electron chi connectivity index (χ4n) is 0.784. The molecular weight excluding hydrogens is 176 g/mol. The molecule has 0 bridgehead atoms. The Morgan fingerprint density at radius 1 is 1.58 bits per heavy atom. The maximum atomic E-state index is 10.7. The van der Waals surface area contributed by atoms with Crippen LogP contribution in [0.3, 0.4) is 0 Å². The molecule has 2 N–H and O–H groups in total. The van der Waals surface area contributed by atoms with E-state index in [1.807, 2.05) is 6.07 Å². The van der Waals surface area contributed by atoms with Crippen LogP contribution >= 0.6 is 11.6 Å². The Hall–Kier alpha value is -1.53. The summed E-state index contributed by atoms with van der Waals surface area (Å²) in [6.07, 6.45) is 0. The first-order chi connectivity index (χ1) is 5.65. The third-order valence-electron chi connectivity index (χ3n) is 1.36. The van der Waals surface area contributed by atoms with Crippen molar-refractivity contribution < 1.29 is 4.79 Å². The second-order valence-corrected chi connectivity index (χ2v) is 2.58. The minimum absolute atomic E-state index is 0.177. The molecular formula is C8H5ClN2O. The van der Waals surface area contributed by atoms with E-state index in [-0.39, 0.29) is 10.6 Å². The number of halogens is 1. The van der Waals surface area contributed by atoms with Gasteiger partial charge in [0.05, 0.1) is 22.2 Å². The Morgan fingerprint density at radius 2 is 2.25 bits per heavy atom. The molecule has 1 aromatic carbocycles. The second-order valence-electron chi connectivity index (χ2n) is 2.17. The highest BCUT2D eigenvalue weighted by Gasteiger charge is 2.06. The smallest absolute Gasteiger partial charge is 0.250 e. The molecule has 1 rings (SSSR count). The van der Waals surface area contributed by atoms with Gasteiger partial charge in [0.15, 0.2) is 0 Å². The molecule has 0 heterocycles. The van der Waals surface area contributed by atoms with Crippen LogP contribution in [0.15, 0.2) is 18.2 Å². The number of nitrogens with two attached hydrogens (primary N) is 1. The number of primary amides is 1. The lowest BCUT2D eigenvalue weighted by molar-refractivity contribution is 0.100. The van der Waals surface area contributed by atoms with E-state index in [0.717, 1.165) is 0 Å². The van der Waals surface area contributed by atoms with Crippen LogP contribution in [0, 0.1) is 11.3 Å². The molecule has 1 aromatic rings. The molecule has 0 unspecified atom stereocenters. The summed E-state index contributed by atoms with van der Waals surface area (Å²) in [7, 11) is 0. The molecule has 0 aliphatic heterocycles. The number of amides is 1. The number of carbonyl (C=O) groups excluding carboxylic acids is 1. The van der Waals surface area contributed by atoms with Gasteiger partial charge in [-0.2, -0.15) is 5.26 Å². The molecule has 4 heteroatoms. The molecule has 0 aliphatic carbocycles. The Bertz CT molecular complexity index is 368. The molecule has 0 saturated carbocycles. The van der Waals surface area contributed by atoms with Gasteiger partial charge in [-0.1, -0.05) is 11.6 Å². The predicted octanol–water partition coefficient (Wildman–Crippen LogP) is 1.31. The first kappa shape index (κ1) is 8.57. The van der Waals surface area contributed by atoms with E-state index in [9.17, 15) is 4.79 Å². The number of nitriles is 1. The van der Waals surface area contributed by atoms with E-state index in [2.05, 4.69) is 0 Å². The fraction of sp³-hybridized carbons (Fsp3) is 0. The van der Waals surface area contributed by atoms with Crippen molar-refractivity contribution in [2.45, 2.75) is 0 Å². The fourth-order valence-corrected chi connectivity index (χ4v) is 0.994. The van der Waals surface area contributed by atoms with Crippen molar-refractivity contribution in [3.8, 4) is 6.07 Å². The summed E-state index contributed by atoms with van der Waals surface area (Å²) in [6, 6.07) is 6.24. The zero-order chi connectivity index (χ0) is 9.14. The molecule has 12 heavy (non-hydrogen) atoms. The van der Waals surface area contributed by atoms with Crippen LogP contribution in [0.5, 0.6) is 0 Å². The normalized spacial score (nSPS) is 9.00. The zero-order valence-corrected chi connectivity index (χ0v) is 6.80. The van der Waals surface area contributed by atoms with Gasteiger partial charge in [0, 0.05) is 0 Å². The Kier molecular flexibility index (Phi) is 2.32. The minimum atomic E-state index is -0.628. The molecule has 0 radical (unpaired) electrons. The predicted molar refractivity (Wildman–Crippen MR) is 44.7 cm³/mol. The van der Waals surface area contributed by atoms with Crippen molar-refractivity contribution >= 4 is 17.5 Å². The Labute approximate surface area is 74.4 Å². The maximum Gasteiger partial charge on any atom is 0.250 e. The van der Waals surface area contributed by atoms with Gasteiger partial charge in [-0.25, -0.2) is 0 Å². The summed E-state index contributed by atoms with van der Waals surface area (Å²) in [5, 5.41) is 8.75. The highest BCUT2D eigenvalue weighted by atomic mass is 35.5. The van der Waals surface area contributed by atoms with Gasteiger partial charge in [-0.05, 0) is 18.2 Å². The molecule has 0 aliphatic rings. The number of hydrogen-bond acceptors (Lipinski definition) is 2. The SMILES string of the molecule is N#Cc1ccc(Cl)c(C(N)=O)c1. The highest BCUT2D eigenvalue weighted by Crippen LogP contribution is 2.16. The number of hydrogen-bond donors (Lipinski definition) is 1. The average molecular weight is 181 g/mol. The standard InChI is InChI=1S/C8H5ClN2O/c9-7-2-1-5(4-10)3-6(7)8(11)12/h1-3H,(H2,11,12). The third kappa shape index (κ3) is 1.55. The lowest BCUT2D eigenvalue weighted by Crippen LogP contribution is -2.11. The van der Waals surface area contributed by atoms with E-state index in [1.54, 1.807) is 0 Å². The number of benzene rings is 1. The first-order valence-electron chi connectivity index (χ1n) is 3.14. The quantitative estimate of drug-likeness (QED) is 0.708. The summed E-state index contributed by atoms with van der Waals surface area (Å²) in [5.41, 5.74) is 5.55. The van der Waals surface area contributed by atoms with E-state index < -0.39 is 5.91 Å². The molecule has 0 atom stereocenters. The molecule has 3 nitrogen and oxygen atoms in total. The van der Waals surface area contributed by atoms with Crippen LogP contribution in [-0.4, -0.2) is 5.91 Å². The van der Waals surface area contributed by atoms with E-state index in [4.69, 9.17) is 22.6 Å². The van der Waals surface area contributed by atoms with Gasteiger partial charge in [-0.15, -0.1) is 0 Å². The number of nitrogens with zero attached hydrogens (tertiary/aromatic N) is 1. The van der Waals surface area contributed by atoms with Crippen LogP contribution in [0.2, 0.25) is 5.02 Å². The van der Waals surface area contributed by atoms with Crippen molar-refractivity contribution in [2.75, 3.05) is 0 Å². The van der Waals surface area contributed by atoms with Crippen molar-refractivity contribution in [3.05, 3.63) is 34.3 Å². The van der Waals surface area contributed by atoms with Crippen molar-refractivity contribution in [3.63, 3.8) is 0 Å². The van der Waals surface area contributed by atoms with Gasteiger partial charge in [0.1, 0.15) is 0 Å². The number of rotatable bonds is 1. The highest BCUT2D eigenvalue weighted by molar-refractivity contribution is 6.33. The first-order valence-corrected chi connectivity index (χ1v) is 3.52. The zero-order valence-electron chi connectivity index (χ0n) is 6.04. The summed E-state index contributed by atoms with van der Waals surface area (Å²) in [4.78, 5) is 10.7. The van der Waals surface area contributed by atoms with Gasteiger partial charge in [0.2, 0.25) is 5.91 Å². The van der Waals surface area contributed by atoms with E-state index in [0.29, 0.717) is 5.56 Å². The molecule has 60 valence electrons. The summed E-state index contributed by atoms with van der Waals surface area (Å²) in [5.74, 6) is -0.628. The minimum Gasteiger partial charge on any atom is -0.366 e. The van der Waals surface area contributed by atoms with E-state index in [1.165, 1.54) is 18.2 Å². The molecule has 0 saturated heterocycles. The Morgan fingerprint density at radius 3 is 2.75 bits per heavy atom. The molecule has 0 aromatic heterocycles. The summed E-state index contributed by atoms with van der Waals surface area (Å²) >= 11 is 5.64.